The Labute approximate surface area is 195 Å². The van der Waals surface area contributed by atoms with Crippen molar-refractivity contribution in [2.45, 2.75) is 57.5 Å². The van der Waals surface area contributed by atoms with Crippen LogP contribution < -0.4 is 5.32 Å². The number of piperidine rings is 1. The maximum absolute atomic E-state index is 10.9. The Morgan fingerprint density at radius 2 is 2.03 bits per heavy atom. The standard InChI is InChI=1S/C22H27N3O2.C4H7NO/c1-16-2-4-17(5-3-16)14-25-13-9-20-19(6-10-23-22(20)25)18-7-11-24(12-8-18)15-21(26)27;6-3-5-4-1-2-4/h2,4-6,9-10,13,16,18H,3,7-8,11-12,14-15H2,1H3,(H,26,27);3-4H,1-2H2,(H,5,6). The highest BCUT2D eigenvalue weighted by Crippen LogP contribution is 2.33. The molecule has 3 aliphatic rings. The minimum atomic E-state index is -0.739. The molecule has 7 nitrogen and oxygen atoms in total. The number of aromatic nitrogens is 2. The van der Waals surface area contributed by atoms with Crippen molar-refractivity contribution in [3.05, 3.63) is 53.9 Å². The number of pyridine rings is 1. The van der Waals surface area contributed by atoms with Gasteiger partial charge < -0.3 is 15.0 Å². The molecule has 1 amide bonds. The van der Waals surface area contributed by atoms with Crippen molar-refractivity contribution in [3.63, 3.8) is 0 Å². The summed E-state index contributed by atoms with van der Waals surface area (Å²) in [5.74, 6) is 0.371. The fourth-order valence-corrected chi connectivity index (χ4v) is 4.62. The van der Waals surface area contributed by atoms with Gasteiger partial charge in [-0.15, -0.1) is 0 Å². The molecule has 0 spiro atoms. The molecule has 1 saturated carbocycles. The molecule has 1 saturated heterocycles. The Morgan fingerprint density at radius 3 is 2.64 bits per heavy atom. The van der Waals surface area contributed by atoms with Gasteiger partial charge in [-0.2, -0.15) is 0 Å². The Balaban J connectivity index is 0.000000376. The van der Waals surface area contributed by atoms with Crippen LogP contribution in [0.15, 0.2) is 48.3 Å². The molecule has 5 rings (SSSR count). The summed E-state index contributed by atoms with van der Waals surface area (Å²) in [5, 5.41) is 12.9. The molecule has 2 aliphatic carbocycles. The smallest absolute Gasteiger partial charge is 0.317 e. The van der Waals surface area contributed by atoms with Crippen molar-refractivity contribution in [3.8, 4) is 0 Å². The van der Waals surface area contributed by atoms with Gasteiger partial charge >= 0.3 is 5.97 Å². The van der Waals surface area contributed by atoms with Crippen LogP contribution in [0.25, 0.3) is 11.0 Å². The summed E-state index contributed by atoms with van der Waals surface area (Å²) < 4.78 is 2.24. The average Bonchev–Trinajstić information content (AvgIpc) is 3.54. The summed E-state index contributed by atoms with van der Waals surface area (Å²) in [5.41, 5.74) is 3.75. The van der Waals surface area contributed by atoms with Gasteiger partial charge in [0, 0.05) is 30.4 Å². The number of allylic oxidation sites excluding steroid dienone is 4. The molecule has 2 N–H and O–H groups in total. The molecule has 0 aromatic carbocycles. The van der Waals surface area contributed by atoms with E-state index in [1.165, 1.54) is 29.4 Å². The first kappa shape index (κ1) is 23.2. The summed E-state index contributed by atoms with van der Waals surface area (Å²) in [6.07, 6.45) is 17.2. The van der Waals surface area contributed by atoms with E-state index in [1.807, 2.05) is 11.1 Å². The van der Waals surface area contributed by atoms with E-state index in [0.717, 1.165) is 51.0 Å². The van der Waals surface area contributed by atoms with Gasteiger partial charge in [-0.1, -0.05) is 25.2 Å². The summed E-state index contributed by atoms with van der Waals surface area (Å²) in [6.45, 7) is 4.94. The van der Waals surface area contributed by atoms with Gasteiger partial charge in [0.2, 0.25) is 6.41 Å². The second kappa shape index (κ2) is 10.8. The third-order valence-electron chi connectivity index (χ3n) is 6.71. The Hall–Kier alpha value is -2.93. The largest absolute Gasteiger partial charge is 0.480 e. The predicted molar refractivity (Wildman–Crippen MR) is 129 cm³/mol. The van der Waals surface area contributed by atoms with Gasteiger partial charge in [0.05, 0.1) is 6.54 Å². The molecule has 3 heterocycles. The highest BCUT2D eigenvalue weighted by Gasteiger charge is 2.24. The molecule has 7 heteroatoms. The summed E-state index contributed by atoms with van der Waals surface area (Å²) >= 11 is 0. The molecule has 1 atom stereocenters. The van der Waals surface area contributed by atoms with E-state index in [1.54, 1.807) is 0 Å². The predicted octanol–water partition coefficient (Wildman–Crippen LogP) is 3.72. The number of carboxylic acids is 1. The molecule has 33 heavy (non-hydrogen) atoms. The number of rotatable bonds is 7. The lowest BCUT2D eigenvalue weighted by molar-refractivity contribution is -0.138. The van der Waals surface area contributed by atoms with E-state index in [-0.39, 0.29) is 6.54 Å². The van der Waals surface area contributed by atoms with Crippen LogP contribution in [-0.2, 0) is 16.1 Å². The molecule has 0 bridgehead atoms. The van der Waals surface area contributed by atoms with Gasteiger partial charge in [-0.25, -0.2) is 4.98 Å². The maximum atomic E-state index is 10.9. The Bertz CT molecular complexity index is 1030. The quantitative estimate of drug-likeness (QED) is 0.628. The van der Waals surface area contributed by atoms with Crippen molar-refractivity contribution in [2.24, 2.45) is 5.92 Å². The molecule has 2 fully saturated rings. The van der Waals surface area contributed by atoms with Crippen LogP contribution in [0.4, 0.5) is 0 Å². The molecule has 2 aromatic heterocycles. The van der Waals surface area contributed by atoms with E-state index in [4.69, 9.17) is 5.11 Å². The third kappa shape index (κ3) is 6.32. The van der Waals surface area contributed by atoms with Crippen molar-refractivity contribution < 1.29 is 14.7 Å². The number of amides is 1. The topological polar surface area (TPSA) is 87.5 Å². The zero-order valence-corrected chi connectivity index (χ0v) is 19.3. The number of carbonyl (C=O) groups excluding carboxylic acids is 1. The number of carbonyl (C=O) groups is 2. The Kier molecular flexibility index (Phi) is 7.60. The number of carboxylic acid groups (broad SMARTS) is 1. The molecular weight excluding hydrogens is 416 g/mol. The SMILES string of the molecule is CC1C=CC(Cn2ccc3c(C4CCN(CC(=O)O)CC4)ccnc32)=CC1.O=CNC1CC1. The van der Waals surface area contributed by atoms with Crippen molar-refractivity contribution in [1.82, 2.24) is 19.8 Å². The molecular formula is C26H34N4O3. The van der Waals surface area contributed by atoms with Crippen LogP contribution >= 0.6 is 0 Å². The summed E-state index contributed by atoms with van der Waals surface area (Å²) in [4.78, 5) is 27.1. The highest BCUT2D eigenvalue weighted by molar-refractivity contribution is 5.80. The van der Waals surface area contributed by atoms with Crippen molar-refractivity contribution in [1.29, 1.82) is 0 Å². The second-order valence-electron chi connectivity index (χ2n) is 9.44. The number of likely N-dealkylation sites (tertiary alicyclic amines) is 1. The van der Waals surface area contributed by atoms with Crippen LogP contribution in [0.1, 0.15) is 50.5 Å². The number of aliphatic carboxylic acids is 1. The number of hydrogen-bond acceptors (Lipinski definition) is 4. The summed E-state index contributed by atoms with van der Waals surface area (Å²) in [6, 6.07) is 4.87. The minimum Gasteiger partial charge on any atom is -0.480 e. The van der Waals surface area contributed by atoms with Crippen LogP contribution in [-0.4, -0.2) is 57.6 Å². The fraction of sp³-hybridized carbons (Fsp3) is 0.500. The zero-order chi connectivity index (χ0) is 23.2. The van der Waals surface area contributed by atoms with E-state index >= 15 is 0 Å². The maximum Gasteiger partial charge on any atom is 0.317 e. The number of hydrogen-bond donors (Lipinski definition) is 2. The highest BCUT2D eigenvalue weighted by atomic mass is 16.4. The van der Waals surface area contributed by atoms with Crippen LogP contribution in [0, 0.1) is 5.92 Å². The Morgan fingerprint density at radius 1 is 1.24 bits per heavy atom. The number of nitrogens with one attached hydrogen (secondary N) is 1. The van der Waals surface area contributed by atoms with E-state index in [0.29, 0.717) is 17.9 Å². The van der Waals surface area contributed by atoms with Crippen molar-refractivity contribution >= 4 is 23.4 Å². The summed E-state index contributed by atoms with van der Waals surface area (Å²) in [7, 11) is 0. The van der Waals surface area contributed by atoms with Crippen LogP contribution in [0.3, 0.4) is 0 Å². The fourth-order valence-electron chi connectivity index (χ4n) is 4.62. The number of fused-ring (bicyclic) bond motifs is 1. The zero-order valence-electron chi connectivity index (χ0n) is 19.3. The molecule has 2 aromatic rings. The van der Waals surface area contributed by atoms with E-state index in [9.17, 15) is 9.59 Å². The molecule has 1 aliphatic heterocycles. The van der Waals surface area contributed by atoms with E-state index < -0.39 is 5.97 Å². The second-order valence-corrected chi connectivity index (χ2v) is 9.44. The molecule has 1 unspecified atom stereocenters. The van der Waals surface area contributed by atoms with Gasteiger partial charge in [-0.05, 0) is 80.3 Å². The lowest BCUT2D eigenvalue weighted by Gasteiger charge is -2.31. The van der Waals surface area contributed by atoms with Crippen LogP contribution in [0.2, 0.25) is 0 Å². The van der Waals surface area contributed by atoms with Gasteiger partial charge in [-0.3, -0.25) is 14.5 Å². The molecule has 176 valence electrons. The van der Waals surface area contributed by atoms with Crippen LogP contribution in [0.5, 0.6) is 0 Å². The third-order valence-corrected chi connectivity index (χ3v) is 6.71. The lowest BCUT2D eigenvalue weighted by Crippen LogP contribution is -2.36. The van der Waals surface area contributed by atoms with Gasteiger partial charge in [0.1, 0.15) is 5.65 Å². The molecule has 0 radical (unpaired) electrons. The first-order valence-corrected chi connectivity index (χ1v) is 12.0. The van der Waals surface area contributed by atoms with Crippen molar-refractivity contribution in [2.75, 3.05) is 19.6 Å². The minimum absolute atomic E-state index is 0.149. The lowest BCUT2D eigenvalue weighted by atomic mass is 9.88. The van der Waals surface area contributed by atoms with E-state index in [2.05, 4.69) is 58.3 Å². The normalized spacial score (nSPS) is 21.2. The van der Waals surface area contributed by atoms with Gasteiger partial charge in [0.15, 0.2) is 0 Å². The number of nitrogens with zero attached hydrogens (tertiary/aromatic N) is 3. The van der Waals surface area contributed by atoms with Gasteiger partial charge in [0.25, 0.3) is 0 Å². The average molecular weight is 451 g/mol. The monoisotopic (exact) mass is 450 g/mol. The first-order chi connectivity index (χ1) is 16.0. The first-order valence-electron chi connectivity index (χ1n) is 12.0.